The standard InChI is InChI=1S/C21H15N7OS/c29-21(23-16-9-4-5-10-17(16)27-13-12-22-26-27)19-24-20(18-11-6-14-30-18)28(25-19)15-7-2-1-3-8-15/h1-14H,(H,23,29). The van der Waals surface area contributed by atoms with Crippen LogP contribution >= 0.6 is 11.3 Å². The summed E-state index contributed by atoms with van der Waals surface area (Å²) in [7, 11) is 0. The Bertz CT molecular complexity index is 1280. The topological polar surface area (TPSA) is 90.5 Å². The Labute approximate surface area is 175 Å². The molecule has 3 aromatic heterocycles. The lowest BCUT2D eigenvalue weighted by Crippen LogP contribution is -2.16. The molecule has 0 aliphatic rings. The molecule has 8 nitrogen and oxygen atoms in total. The molecular formula is C21H15N7OS. The SMILES string of the molecule is O=C(Nc1ccccc1-n1ccnn1)c1nc(-c2cccs2)n(-c2ccccc2)n1. The molecule has 0 saturated carbocycles. The van der Waals surface area contributed by atoms with Crippen LogP contribution in [-0.4, -0.2) is 35.7 Å². The third kappa shape index (κ3) is 3.38. The minimum absolute atomic E-state index is 0.0793. The molecule has 0 unspecified atom stereocenters. The van der Waals surface area contributed by atoms with Crippen LogP contribution in [0, 0.1) is 0 Å². The Kier molecular flexibility index (Phi) is 4.62. The van der Waals surface area contributed by atoms with E-state index in [9.17, 15) is 4.79 Å². The van der Waals surface area contributed by atoms with Crippen molar-refractivity contribution in [3.63, 3.8) is 0 Å². The van der Waals surface area contributed by atoms with E-state index in [-0.39, 0.29) is 5.82 Å². The van der Waals surface area contributed by atoms with Gasteiger partial charge < -0.3 is 5.32 Å². The van der Waals surface area contributed by atoms with Crippen molar-refractivity contribution < 1.29 is 4.79 Å². The second-order valence-electron chi connectivity index (χ2n) is 6.30. The Balaban J connectivity index is 1.52. The third-order valence-corrected chi connectivity index (χ3v) is 5.24. The van der Waals surface area contributed by atoms with Gasteiger partial charge in [0.25, 0.3) is 5.91 Å². The van der Waals surface area contributed by atoms with E-state index in [1.54, 1.807) is 39.2 Å². The van der Waals surface area contributed by atoms with Crippen molar-refractivity contribution in [1.29, 1.82) is 0 Å². The first-order valence-electron chi connectivity index (χ1n) is 9.13. The molecule has 1 amide bonds. The number of para-hydroxylation sites is 3. The average molecular weight is 413 g/mol. The van der Waals surface area contributed by atoms with Gasteiger partial charge in [0.2, 0.25) is 5.82 Å². The molecule has 0 bridgehead atoms. The van der Waals surface area contributed by atoms with Gasteiger partial charge in [0.05, 0.1) is 34.3 Å². The molecule has 5 rings (SSSR count). The highest BCUT2D eigenvalue weighted by Gasteiger charge is 2.20. The van der Waals surface area contributed by atoms with Gasteiger partial charge in [-0.1, -0.05) is 41.6 Å². The molecule has 0 spiro atoms. The summed E-state index contributed by atoms with van der Waals surface area (Å²) in [6.45, 7) is 0. The van der Waals surface area contributed by atoms with Crippen molar-refractivity contribution in [2.24, 2.45) is 0 Å². The van der Waals surface area contributed by atoms with Crippen LogP contribution in [0.15, 0.2) is 84.5 Å². The number of benzene rings is 2. The second-order valence-corrected chi connectivity index (χ2v) is 7.25. The van der Waals surface area contributed by atoms with Gasteiger partial charge in [-0.05, 0) is 35.7 Å². The van der Waals surface area contributed by atoms with Crippen LogP contribution in [-0.2, 0) is 0 Å². The predicted octanol–water partition coefficient (Wildman–Crippen LogP) is 3.83. The number of thiophene rings is 1. The average Bonchev–Trinajstić information content (AvgIpc) is 3.56. The number of nitrogens with one attached hydrogen (secondary N) is 1. The normalized spacial score (nSPS) is 10.8. The van der Waals surface area contributed by atoms with Crippen LogP contribution in [0.1, 0.15) is 10.6 Å². The number of aromatic nitrogens is 6. The molecule has 0 radical (unpaired) electrons. The molecule has 0 aliphatic carbocycles. The Morgan fingerprint density at radius 2 is 1.80 bits per heavy atom. The molecule has 5 aromatic rings. The highest BCUT2D eigenvalue weighted by molar-refractivity contribution is 7.13. The first-order chi connectivity index (χ1) is 14.8. The smallest absolute Gasteiger partial charge is 0.295 e. The fraction of sp³-hybridized carbons (Fsp3) is 0. The Morgan fingerprint density at radius 1 is 0.967 bits per heavy atom. The van der Waals surface area contributed by atoms with Crippen molar-refractivity contribution in [1.82, 2.24) is 29.8 Å². The minimum Gasteiger partial charge on any atom is -0.317 e. The minimum atomic E-state index is -0.407. The molecule has 2 aromatic carbocycles. The van der Waals surface area contributed by atoms with E-state index in [1.165, 1.54) is 0 Å². The third-order valence-electron chi connectivity index (χ3n) is 4.37. The van der Waals surface area contributed by atoms with Crippen molar-refractivity contribution in [2.75, 3.05) is 5.32 Å². The van der Waals surface area contributed by atoms with E-state index in [0.29, 0.717) is 17.2 Å². The van der Waals surface area contributed by atoms with E-state index in [2.05, 4.69) is 25.7 Å². The summed E-state index contributed by atoms with van der Waals surface area (Å²) in [6, 6.07) is 20.9. The number of amides is 1. The van der Waals surface area contributed by atoms with Crippen molar-refractivity contribution in [3.8, 4) is 22.1 Å². The number of anilines is 1. The summed E-state index contributed by atoms with van der Waals surface area (Å²) >= 11 is 1.54. The lowest BCUT2D eigenvalue weighted by atomic mass is 10.2. The lowest BCUT2D eigenvalue weighted by Gasteiger charge is -2.09. The molecule has 0 aliphatic heterocycles. The van der Waals surface area contributed by atoms with Crippen LogP contribution in [0.25, 0.3) is 22.1 Å². The highest BCUT2D eigenvalue weighted by Crippen LogP contribution is 2.26. The Hall–Kier alpha value is -4.11. The summed E-state index contributed by atoms with van der Waals surface area (Å²) in [5.74, 6) is 0.289. The van der Waals surface area contributed by atoms with Gasteiger partial charge in [0.1, 0.15) is 0 Å². The van der Waals surface area contributed by atoms with Gasteiger partial charge in [-0.3, -0.25) is 4.79 Å². The largest absolute Gasteiger partial charge is 0.317 e. The van der Waals surface area contributed by atoms with E-state index in [0.717, 1.165) is 10.6 Å². The molecule has 30 heavy (non-hydrogen) atoms. The molecule has 3 heterocycles. The van der Waals surface area contributed by atoms with Crippen LogP contribution in [0.5, 0.6) is 0 Å². The monoisotopic (exact) mass is 413 g/mol. The van der Waals surface area contributed by atoms with Gasteiger partial charge in [0.15, 0.2) is 5.82 Å². The fourth-order valence-corrected chi connectivity index (χ4v) is 3.72. The number of hydrogen-bond acceptors (Lipinski definition) is 6. The zero-order valence-electron chi connectivity index (χ0n) is 15.6. The van der Waals surface area contributed by atoms with Crippen molar-refractivity contribution in [3.05, 3.63) is 90.3 Å². The first kappa shape index (κ1) is 18.0. The van der Waals surface area contributed by atoms with Gasteiger partial charge in [-0.2, -0.15) is 0 Å². The molecule has 146 valence electrons. The van der Waals surface area contributed by atoms with Crippen molar-refractivity contribution in [2.45, 2.75) is 0 Å². The fourth-order valence-electron chi connectivity index (χ4n) is 3.02. The van der Waals surface area contributed by atoms with Gasteiger partial charge in [0, 0.05) is 0 Å². The number of carbonyl (C=O) groups excluding carboxylic acids is 1. The van der Waals surface area contributed by atoms with Gasteiger partial charge in [-0.15, -0.1) is 21.5 Å². The molecule has 1 N–H and O–H groups in total. The molecule has 9 heteroatoms. The number of hydrogen-bond donors (Lipinski definition) is 1. The maximum absolute atomic E-state index is 13.0. The summed E-state index contributed by atoms with van der Waals surface area (Å²) in [5, 5.41) is 17.2. The lowest BCUT2D eigenvalue weighted by molar-refractivity contribution is 0.101. The second kappa shape index (κ2) is 7.72. The van der Waals surface area contributed by atoms with E-state index in [1.807, 2.05) is 66.0 Å². The van der Waals surface area contributed by atoms with E-state index in [4.69, 9.17) is 0 Å². The van der Waals surface area contributed by atoms with Crippen LogP contribution in [0.4, 0.5) is 5.69 Å². The van der Waals surface area contributed by atoms with Crippen molar-refractivity contribution >= 4 is 22.9 Å². The zero-order valence-corrected chi connectivity index (χ0v) is 16.4. The zero-order chi connectivity index (χ0) is 20.3. The maximum Gasteiger partial charge on any atom is 0.295 e. The van der Waals surface area contributed by atoms with E-state index >= 15 is 0 Å². The summed E-state index contributed by atoms with van der Waals surface area (Å²) < 4.78 is 3.27. The molecule has 0 saturated heterocycles. The van der Waals surface area contributed by atoms with E-state index < -0.39 is 5.91 Å². The summed E-state index contributed by atoms with van der Waals surface area (Å²) in [4.78, 5) is 18.5. The number of rotatable bonds is 5. The molecule has 0 atom stereocenters. The first-order valence-corrected chi connectivity index (χ1v) is 10.0. The van der Waals surface area contributed by atoms with Crippen LogP contribution in [0.3, 0.4) is 0 Å². The molecular weight excluding hydrogens is 398 g/mol. The highest BCUT2D eigenvalue weighted by atomic mass is 32.1. The summed E-state index contributed by atoms with van der Waals surface area (Å²) in [5.41, 5.74) is 2.11. The van der Waals surface area contributed by atoms with Gasteiger partial charge in [-0.25, -0.2) is 14.3 Å². The van der Waals surface area contributed by atoms with Crippen LogP contribution in [0.2, 0.25) is 0 Å². The number of carbonyl (C=O) groups is 1. The van der Waals surface area contributed by atoms with Gasteiger partial charge >= 0.3 is 0 Å². The Morgan fingerprint density at radius 3 is 2.57 bits per heavy atom. The van der Waals surface area contributed by atoms with Crippen LogP contribution < -0.4 is 5.32 Å². The molecule has 0 fully saturated rings. The maximum atomic E-state index is 13.0. The summed E-state index contributed by atoms with van der Waals surface area (Å²) in [6.07, 6.45) is 3.29. The quantitative estimate of drug-likeness (QED) is 0.473. The predicted molar refractivity (Wildman–Crippen MR) is 114 cm³/mol. The number of nitrogens with zero attached hydrogens (tertiary/aromatic N) is 6.